The summed E-state index contributed by atoms with van der Waals surface area (Å²) in [5, 5.41) is 12.1. The van der Waals surface area contributed by atoms with Crippen molar-refractivity contribution in [1.29, 1.82) is 0 Å². The fourth-order valence-electron chi connectivity index (χ4n) is 2.87. The molecule has 0 saturated carbocycles. The SMILES string of the molecule is CCn1c(-c2ccc(Cl)c(Cl)c2)c(C)sc1=NC(=O)c1ccccc1[N+](=O)[O-]. The number of nitro groups is 1. The molecule has 9 heteroatoms. The highest BCUT2D eigenvalue weighted by Gasteiger charge is 2.20. The van der Waals surface area contributed by atoms with Crippen molar-refractivity contribution in [2.24, 2.45) is 4.99 Å². The average molecular weight is 436 g/mol. The van der Waals surface area contributed by atoms with Crippen LogP contribution in [0.1, 0.15) is 22.2 Å². The summed E-state index contributed by atoms with van der Waals surface area (Å²) in [5.41, 5.74) is 1.42. The van der Waals surface area contributed by atoms with Gasteiger partial charge in [0.25, 0.3) is 11.6 Å². The summed E-state index contributed by atoms with van der Waals surface area (Å²) in [4.78, 5) is 28.8. The van der Waals surface area contributed by atoms with Crippen molar-refractivity contribution in [2.75, 3.05) is 0 Å². The van der Waals surface area contributed by atoms with Crippen LogP contribution in [-0.4, -0.2) is 15.4 Å². The van der Waals surface area contributed by atoms with Crippen molar-refractivity contribution in [3.8, 4) is 11.3 Å². The molecule has 0 unspecified atom stereocenters. The highest BCUT2D eigenvalue weighted by molar-refractivity contribution is 7.09. The first-order chi connectivity index (χ1) is 13.3. The zero-order valence-corrected chi connectivity index (χ0v) is 17.3. The lowest BCUT2D eigenvalue weighted by atomic mass is 10.1. The van der Waals surface area contributed by atoms with E-state index in [0.717, 1.165) is 16.1 Å². The summed E-state index contributed by atoms with van der Waals surface area (Å²) >= 11 is 13.5. The van der Waals surface area contributed by atoms with E-state index in [0.29, 0.717) is 21.4 Å². The summed E-state index contributed by atoms with van der Waals surface area (Å²) < 4.78 is 1.88. The predicted molar refractivity (Wildman–Crippen MR) is 111 cm³/mol. The molecule has 28 heavy (non-hydrogen) atoms. The van der Waals surface area contributed by atoms with E-state index < -0.39 is 10.8 Å². The Balaban J connectivity index is 2.15. The standard InChI is InChI=1S/C19H15Cl2N3O3S/c1-3-23-17(12-8-9-14(20)15(21)10-12)11(2)28-19(23)22-18(25)13-6-4-5-7-16(13)24(26)27/h4-10H,3H2,1-2H3. The minimum Gasteiger partial charge on any atom is -0.316 e. The van der Waals surface area contributed by atoms with E-state index in [9.17, 15) is 14.9 Å². The van der Waals surface area contributed by atoms with Gasteiger partial charge in [0, 0.05) is 23.1 Å². The summed E-state index contributed by atoms with van der Waals surface area (Å²) in [7, 11) is 0. The molecule has 1 heterocycles. The second-order valence-electron chi connectivity index (χ2n) is 5.85. The first-order valence-corrected chi connectivity index (χ1v) is 9.88. The summed E-state index contributed by atoms with van der Waals surface area (Å²) in [6.07, 6.45) is 0. The van der Waals surface area contributed by atoms with Crippen LogP contribution in [0.3, 0.4) is 0 Å². The fourth-order valence-corrected chi connectivity index (χ4v) is 4.22. The normalized spacial score (nSPS) is 11.6. The van der Waals surface area contributed by atoms with Crippen LogP contribution in [-0.2, 0) is 6.54 Å². The van der Waals surface area contributed by atoms with E-state index in [-0.39, 0.29) is 11.3 Å². The van der Waals surface area contributed by atoms with E-state index in [4.69, 9.17) is 23.2 Å². The van der Waals surface area contributed by atoms with Gasteiger partial charge in [-0.2, -0.15) is 4.99 Å². The number of carbonyl (C=O) groups is 1. The Morgan fingerprint density at radius 1 is 1.21 bits per heavy atom. The molecule has 0 spiro atoms. The van der Waals surface area contributed by atoms with Crippen molar-refractivity contribution >= 4 is 46.1 Å². The van der Waals surface area contributed by atoms with Crippen LogP contribution in [0.15, 0.2) is 47.5 Å². The van der Waals surface area contributed by atoms with Gasteiger partial charge in [-0.1, -0.05) is 41.4 Å². The molecule has 3 rings (SSSR count). The molecule has 0 atom stereocenters. The molecule has 2 aromatic carbocycles. The molecule has 0 saturated heterocycles. The van der Waals surface area contributed by atoms with Crippen molar-refractivity contribution in [1.82, 2.24) is 4.57 Å². The summed E-state index contributed by atoms with van der Waals surface area (Å²) in [5.74, 6) is -0.656. The molecule has 3 aromatic rings. The van der Waals surface area contributed by atoms with Crippen LogP contribution in [0.25, 0.3) is 11.3 Å². The van der Waals surface area contributed by atoms with Gasteiger partial charge in [-0.15, -0.1) is 11.3 Å². The number of amides is 1. The molecular formula is C19H15Cl2N3O3S. The lowest BCUT2D eigenvalue weighted by Crippen LogP contribution is -2.17. The minimum absolute atomic E-state index is 0.0442. The van der Waals surface area contributed by atoms with Gasteiger partial charge in [0.15, 0.2) is 4.80 Å². The Morgan fingerprint density at radius 2 is 1.93 bits per heavy atom. The molecule has 0 aliphatic heterocycles. The van der Waals surface area contributed by atoms with Gasteiger partial charge in [0.1, 0.15) is 5.56 Å². The van der Waals surface area contributed by atoms with Crippen molar-refractivity contribution < 1.29 is 9.72 Å². The number of hydrogen-bond acceptors (Lipinski definition) is 4. The van der Waals surface area contributed by atoms with Crippen molar-refractivity contribution in [2.45, 2.75) is 20.4 Å². The number of carbonyl (C=O) groups excluding carboxylic acids is 1. The average Bonchev–Trinajstić information content (AvgIpc) is 2.98. The molecule has 0 aliphatic carbocycles. The van der Waals surface area contributed by atoms with E-state index in [1.54, 1.807) is 18.2 Å². The van der Waals surface area contributed by atoms with Gasteiger partial charge in [-0.25, -0.2) is 0 Å². The first kappa shape index (κ1) is 20.3. The third kappa shape index (κ3) is 3.87. The molecule has 0 fully saturated rings. The maximum Gasteiger partial charge on any atom is 0.286 e. The van der Waals surface area contributed by atoms with E-state index in [1.807, 2.05) is 24.5 Å². The quantitative estimate of drug-likeness (QED) is 0.400. The highest BCUT2D eigenvalue weighted by Crippen LogP contribution is 2.31. The molecule has 144 valence electrons. The summed E-state index contributed by atoms with van der Waals surface area (Å²) in [6.45, 7) is 4.41. The monoisotopic (exact) mass is 435 g/mol. The van der Waals surface area contributed by atoms with Gasteiger partial charge < -0.3 is 4.57 Å². The number of aromatic nitrogens is 1. The Labute approximate surface area is 174 Å². The zero-order valence-electron chi connectivity index (χ0n) is 15.0. The van der Waals surface area contributed by atoms with Crippen LogP contribution in [0.4, 0.5) is 5.69 Å². The Bertz CT molecular complexity index is 1150. The molecule has 6 nitrogen and oxygen atoms in total. The molecule has 0 aliphatic rings. The third-order valence-corrected chi connectivity index (χ3v) is 5.85. The second-order valence-corrected chi connectivity index (χ2v) is 7.85. The Morgan fingerprint density at radius 3 is 2.57 bits per heavy atom. The molecule has 0 radical (unpaired) electrons. The van der Waals surface area contributed by atoms with Crippen molar-refractivity contribution in [3.63, 3.8) is 0 Å². The lowest BCUT2D eigenvalue weighted by molar-refractivity contribution is -0.385. The largest absolute Gasteiger partial charge is 0.316 e. The smallest absolute Gasteiger partial charge is 0.286 e. The predicted octanol–water partition coefficient (Wildman–Crippen LogP) is 5.50. The zero-order chi connectivity index (χ0) is 20.4. The summed E-state index contributed by atoms with van der Waals surface area (Å²) in [6, 6.07) is 11.1. The number of thiazole rings is 1. The lowest BCUT2D eigenvalue weighted by Gasteiger charge is -2.08. The molecule has 1 amide bonds. The number of rotatable bonds is 4. The first-order valence-electron chi connectivity index (χ1n) is 8.31. The number of benzene rings is 2. The number of aryl methyl sites for hydroxylation is 1. The maximum atomic E-state index is 12.6. The number of para-hydroxylation sites is 1. The van der Waals surface area contributed by atoms with Gasteiger partial charge in [-0.05, 0) is 32.0 Å². The molecular weight excluding hydrogens is 421 g/mol. The van der Waals surface area contributed by atoms with Crippen LogP contribution in [0, 0.1) is 17.0 Å². The number of nitrogens with zero attached hydrogens (tertiary/aromatic N) is 3. The van der Waals surface area contributed by atoms with E-state index in [1.165, 1.54) is 29.5 Å². The van der Waals surface area contributed by atoms with E-state index in [2.05, 4.69) is 4.99 Å². The maximum absolute atomic E-state index is 12.6. The Kier molecular flexibility index (Phi) is 5.98. The fraction of sp³-hybridized carbons (Fsp3) is 0.158. The Hall–Kier alpha value is -2.48. The second kappa shape index (κ2) is 8.26. The van der Waals surface area contributed by atoms with E-state index >= 15 is 0 Å². The van der Waals surface area contributed by atoms with Crippen LogP contribution in [0.2, 0.25) is 10.0 Å². The van der Waals surface area contributed by atoms with Crippen LogP contribution in [0.5, 0.6) is 0 Å². The van der Waals surface area contributed by atoms with Gasteiger partial charge in [0.2, 0.25) is 0 Å². The van der Waals surface area contributed by atoms with Gasteiger partial charge in [0.05, 0.1) is 20.7 Å². The van der Waals surface area contributed by atoms with Gasteiger partial charge in [-0.3, -0.25) is 14.9 Å². The number of halogens is 2. The highest BCUT2D eigenvalue weighted by atomic mass is 35.5. The topological polar surface area (TPSA) is 77.5 Å². The third-order valence-electron chi connectivity index (χ3n) is 4.12. The number of nitro benzene ring substituents is 1. The molecule has 0 bridgehead atoms. The van der Waals surface area contributed by atoms with Crippen LogP contribution < -0.4 is 4.80 Å². The van der Waals surface area contributed by atoms with Gasteiger partial charge >= 0.3 is 0 Å². The number of hydrogen-bond donors (Lipinski definition) is 0. The minimum atomic E-state index is -0.656. The molecule has 1 aromatic heterocycles. The molecule has 0 N–H and O–H groups in total. The van der Waals surface area contributed by atoms with Crippen molar-refractivity contribution in [3.05, 3.63) is 77.9 Å². The van der Waals surface area contributed by atoms with Crippen LogP contribution >= 0.6 is 34.5 Å².